The molecule has 4 heteroatoms. The quantitative estimate of drug-likeness (QED) is 0.870. The van der Waals surface area contributed by atoms with Crippen LogP contribution in [0.5, 0.6) is 0 Å². The molecule has 3 nitrogen and oxygen atoms in total. The van der Waals surface area contributed by atoms with Gasteiger partial charge >= 0.3 is 0 Å². The van der Waals surface area contributed by atoms with Crippen LogP contribution in [0.25, 0.3) is 0 Å². The maximum Gasteiger partial charge on any atom is 0.175 e. The number of hydrogen-bond donors (Lipinski definition) is 1. The highest BCUT2D eigenvalue weighted by Crippen LogP contribution is 2.18. The van der Waals surface area contributed by atoms with Gasteiger partial charge in [0.25, 0.3) is 0 Å². The molecular weight excluding hydrogens is 222 g/mol. The van der Waals surface area contributed by atoms with E-state index in [9.17, 15) is 8.42 Å². The first-order valence-corrected chi connectivity index (χ1v) is 7.47. The molecular formula is C12H17NO2S. The van der Waals surface area contributed by atoms with Crippen LogP contribution in [0, 0.1) is 0 Å². The lowest BCUT2D eigenvalue weighted by atomic mass is 9.93. The molecule has 1 aliphatic rings. The summed E-state index contributed by atoms with van der Waals surface area (Å²) in [6.07, 6.45) is 5.09. The van der Waals surface area contributed by atoms with Crippen LogP contribution in [0.2, 0.25) is 0 Å². The number of nitrogens with one attached hydrogen (secondary N) is 1. The number of sulfone groups is 1. The van der Waals surface area contributed by atoms with Gasteiger partial charge in [0.1, 0.15) is 0 Å². The molecule has 0 spiro atoms. The van der Waals surface area contributed by atoms with Crippen LogP contribution in [-0.4, -0.2) is 20.7 Å². The van der Waals surface area contributed by atoms with Gasteiger partial charge in [0.2, 0.25) is 0 Å². The summed E-state index contributed by atoms with van der Waals surface area (Å²) in [7, 11) is -3.06. The van der Waals surface area contributed by atoms with Crippen LogP contribution in [-0.2, 0) is 16.4 Å². The summed E-state index contributed by atoms with van der Waals surface area (Å²) in [5, 5.41) is 3.44. The molecule has 2 rings (SSSR count). The van der Waals surface area contributed by atoms with E-state index in [4.69, 9.17) is 0 Å². The minimum Gasteiger partial charge on any atom is -0.310 e. The molecule has 0 saturated heterocycles. The van der Waals surface area contributed by atoms with E-state index in [0.717, 1.165) is 12.1 Å². The van der Waals surface area contributed by atoms with Crippen molar-refractivity contribution in [2.45, 2.75) is 36.7 Å². The Morgan fingerprint density at radius 1 is 1.25 bits per heavy atom. The van der Waals surface area contributed by atoms with E-state index in [-0.39, 0.29) is 0 Å². The third kappa shape index (κ3) is 2.83. The molecule has 1 aromatic carbocycles. The standard InChI is InChI=1S/C12H17NO2S/c1-16(14,15)12-7-5-10(6-8-12)9-13-11-3-2-4-11/h5-8,11,13H,2-4,9H2,1H3. The SMILES string of the molecule is CS(=O)(=O)c1ccc(CNC2CCC2)cc1. The molecule has 88 valence electrons. The molecule has 1 aromatic rings. The first kappa shape index (κ1) is 11.6. The first-order chi connectivity index (χ1) is 7.55. The fraction of sp³-hybridized carbons (Fsp3) is 0.500. The van der Waals surface area contributed by atoms with E-state index < -0.39 is 9.84 Å². The lowest BCUT2D eigenvalue weighted by Crippen LogP contribution is -2.34. The zero-order valence-corrected chi connectivity index (χ0v) is 10.3. The second-order valence-electron chi connectivity index (χ2n) is 4.42. The Bertz CT molecular complexity index is 446. The van der Waals surface area contributed by atoms with Crippen LogP contribution >= 0.6 is 0 Å². The summed E-state index contributed by atoms with van der Waals surface area (Å²) in [5.41, 5.74) is 1.14. The molecule has 1 fully saturated rings. The van der Waals surface area contributed by atoms with Gasteiger partial charge in [0.15, 0.2) is 9.84 Å². The van der Waals surface area contributed by atoms with Gasteiger partial charge in [-0.15, -0.1) is 0 Å². The predicted octanol–water partition coefficient (Wildman–Crippen LogP) is 1.73. The van der Waals surface area contributed by atoms with Crippen molar-refractivity contribution in [3.63, 3.8) is 0 Å². The normalized spacial score (nSPS) is 17.1. The van der Waals surface area contributed by atoms with Crippen molar-refractivity contribution >= 4 is 9.84 Å². The average molecular weight is 239 g/mol. The maximum atomic E-state index is 11.3. The summed E-state index contributed by atoms with van der Waals surface area (Å²) in [6.45, 7) is 0.828. The Labute approximate surface area is 96.8 Å². The zero-order chi connectivity index (χ0) is 11.6. The molecule has 1 saturated carbocycles. The average Bonchev–Trinajstić information content (AvgIpc) is 2.15. The lowest BCUT2D eigenvalue weighted by molar-refractivity contribution is 0.338. The Morgan fingerprint density at radius 2 is 1.88 bits per heavy atom. The molecule has 0 aromatic heterocycles. The molecule has 0 aliphatic heterocycles. The van der Waals surface area contributed by atoms with E-state index in [1.54, 1.807) is 12.1 Å². The van der Waals surface area contributed by atoms with Crippen molar-refractivity contribution in [1.82, 2.24) is 5.32 Å². The van der Waals surface area contributed by atoms with Gasteiger partial charge < -0.3 is 5.32 Å². The van der Waals surface area contributed by atoms with Crippen molar-refractivity contribution in [3.05, 3.63) is 29.8 Å². The highest BCUT2D eigenvalue weighted by molar-refractivity contribution is 7.90. The fourth-order valence-electron chi connectivity index (χ4n) is 1.73. The summed E-state index contributed by atoms with van der Waals surface area (Å²) < 4.78 is 22.5. The van der Waals surface area contributed by atoms with Crippen LogP contribution in [0.4, 0.5) is 0 Å². The lowest BCUT2D eigenvalue weighted by Gasteiger charge is -2.26. The van der Waals surface area contributed by atoms with Gasteiger partial charge in [0.05, 0.1) is 4.90 Å². The zero-order valence-electron chi connectivity index (χ0n) is 9.44. The Balaban J connectivity index is 1.96. The molecule has 0 heterocycles. The topological polar surface area (TPSA) is 46.2 Å². The highest BCUT2D eigenvalue weighted by atomic mass is 32.2. The van der Waals surface area contributed by atoms with E-state index in [1.807, 2.05) is 12.1 Å². The molecule has 0 amide bonds. The molecule has 1 aliphatic carbocycles. The summed E-state index contributed by atoms with van der Waals surface area (Å²) >= 11 is 0. The number of benzene rings is 1. The second-order valence-corrected chi connectivity index (χ2v) is 6.44. The van der Waals surface area contributed by atoms with E-state index in [0.29, 0.717) is 10.9 Å². The summed E-state index contributed by atoms with van der Waals surface area (Å²) in [6, 6.07) is 7.76. The largest absolute Gasteiger partial charge is 0.310 e. The molecule has 0 bridgehead atoms. The highest BCUT2D eigenvalue weighted by Gasteiger charge is 2.16. The van der Waals surface area contributed by atoms with Gasteiger partial charge in [-0.2, -0.15) is 0 Å². The van der Waals surface area contributed by atoms with E-state index >= 15 is 0 Å². The third-order valence-electron chi connectivity index (χ3n) is 3.05. The van der Waals surface area contributed by atoms with Crippen molar-refractivity contribution < 1.29 is 8.42 Å². The van der Waals surface area contributed by atoms with E-state index in [2.05, 4.69) is 5.32 Å². The van der Waals surface area contributed by atoms with Gasteiger partial charge in [0, 0.05) is 18.8 Å². The van der Waals surface area contributed by atoms with Gasteiger partial charge in [-0.05, 0) is 30.5 Å². The predicted molar refractivity (Wildman–Crippen MR) is 64.0 cm³/mol. The molecule has 0 radical (unpaired) electrons. The van der Waals surface area contributed by atoms with Crippen LogP contribution < -0.4 is 5.32 Å². The minimum atomic E-state index is -3.06. The minimum absolute atomic E-state index is 0.389. The number of rotatable bonds is 4. The fourth-order valence-corrected chi connectivity index (χ4v) is 2.36. The van der Waals surface area contributed by atoms with Crippen LogP contribution in [0.1, 0.15) is 24.8 Å². The maximum absolute atomic E-state index is 11.3. The molecule has 1 N–H and O–H groups in total. The van der Waals surface area contributed by atoms with Crippen molar-refractivity contribution in [3.8, 4) is 0 Å². The van der Waals surface area contributed by atoms with Crippen LogP contribution in [0.3, 0.4) is 0 Å². The Hall–Kier alpha value is -0.870. The van der Waals surface area contributed by atoms with Crippen molar-refractivity contribution in [2.75, 3.05) is 6.26 Å². The monoisotopic (exact) mass is 239 g/mol. The summed E-state index contributed by atoms with van der Waals surface area (Å²) in [5.74, 6) is 0. The smallest absolute Gasteiger partial charge is 0.175 e. The molecule has 0 atom stereocenters. The first-order valence-electron chi connectivity index (χ1n) is 5.58. The van der Waals surface area contributed by atoms with E-state index in [1.165, 1.54) is 25.5 Å². The molecule has 16 heavy (non-hydrogen) atoms. The second kappa shape index (κ2) is 4.55. The Kier molecular flexibility index (Phi) is 3.30. The third-order valence-corrected chi connectivity index (χ3v) is 4.18. The molecule has 0 unspecified atom stereocenters. The van der Waals surface area contributed by atoms with Crippen molar-refractivity contribution in [1.29, 1.82) is 0 Å². The van der Waals surface area contributed by atoms with Crippen LogP contribution in [0.15, 0.2) is 29.2 Å². The van der Waals surface area contributed by atoms with Gasteiger partial charge in [-0.3, -0.25) is 0 Å². The van der Waals surface area contributed by atoms with Gasteiger partial charge in [-0.25, -0.2) is 8.42 Å². The summed E-state index contributed by atoms with van der Waals surface area (Å²) in [4.78, 5) is 0.389. The van der Waals surface area contributed by atoms with Gasteiger partial charge in [-0.1, -0.05) is 18.6 Å². The van der Waals surface area contributed by atoms with Crippen molar-refractivity contribution in [2.24, 2.45) is 0 Å². The number of hydrogen-bond acceptors (Lipinski definition) is 3. The Morgan fingerprint density at radius 3 is 2.31 bits per heavy atom.